The number of thioether (sulfide) groups is 1. The van der Waals surface area contributed by atoms with E-state index in [1.807, 2.05) is 23.1 Å². The Hall–Kier alpha value is 0.490. The minimum Gasteiger partial charge on any atom is -0.309 e. The molecule has 1 heterocycles. The van der Waals surface area contributed by atoms with Gasteiger partial charge in [-0.25, -0.2) is 0 Å². The monoisotopic (exact) mass is 279 g/mol. The molecule has 13 heavy (non-hydrogen) atoms. The lowest BCUT2D eigenvalue weighted by atomic mass is 10.3. The van der Waals surface area contributed by atoms with E-state index in [1.165, 1.54) is 9.35 Å². The Balaban J connectivity index is 2.69. The molecule has 0 bridgehead atoms. The standard InChI is InChI=1S/C9H14BrNS2/c1-3-11-8(6-12-2)9-7(10)4-5-13-9/h4-5,8,11H,3,6H2,1-2H3. The van der Waals surface area contributed by atoms with E-state index in [0.29, 0.717) is 6.04 Å². The molecule has 74 valence electrons. The molecule has 1 atom stereocenters. The quantitative estimate of drug-likeness (QED) is 0.885. The van der Waals surface area contributed by atoms with E-state index in [-0.39, 0.29) is 0 Å². The van der Waals surface area contributed by atoms with Crippen LogP contribution in [0, 0.1) is 0 Å². The predicted molar refractivity (Wildman–Crippen MR) is 66.8 cm³/mol. The average Bonchev–Trinajstić information content (AvgIpc) is 2.51. The van der Waals surface area contributed by atoms with Crippen molar-refractivity contribution >= 4 is 39.0 Å². The Labute approximate surface area is 96.4 Å². The zero-order valence-corrected chi connectivity index (χ0v) is 11.1. The van der Waals surface area contributed by atoms with Gasteiger partial charge < -0.3 is 5.32 Å². The van der Waals surface area contributed by atoms with Crippen molar-refractivity contribution in [1.29, 1.82) is 0 Å². The summed E-state index contributed by atoms with van der Waals surface area (Å²) < 4.78 is 1.23. The lowest BCUT2D eigenvalue weighted by Gasteiger charge is -2.15. The fourth-order valence-electron chi connectivity index (χ4n) is 1.19. The minimum absolute atomic E-state index is 0.495. The molecule has 1 aromatic rings. The molecule has 1 unspecified atom stereocenters. The van der Waals surface area contributed by atoms with Crippen molar-refractivity contribution < 1.29 is 0 Å². The zero-order chi connectivity index (χ0) is 9.68. The van der Waals surface area contributed by atoms with Gasteiger partial charge in [0.2, 0.25) is 0 Å². The first-order chi connectivity index (χ1) is 6.29. The largest absolute Gasteiger partial charge is 0.309 e. The highest BCUT2D eigenvalue weighted by Crippen LogP contribution is 2.30. The second-order valence-corrected chi connectivity index (χ2v) is 5.41. The summed E-state index contributed by atoms with van der Waals surface area (Å²) >= 11 is 7.26. The van der Waals surface area contributed by atoms with Gasteiger partial charge in [-0.05, 0) is 40.2 Å². The van der Waals surface area contributed by atoms with Crippen molar-refractivity contribution in [2.45, 2.75) is 13.0 Å². The Morgan fingerprint density at radius 2 is 2.46 bits per heavy atom. The van der Waals surface area contributed by atoms with E-state index in [2.05, 4.69) is 45.9 Å². The third-order valence-electron chi connectivity index (χ3n) is 1.75. The average molecular weight is 280 g/mol. The van der Waals surface area contributed by atoms with Crippen molar-refractivity contribution in [2.24, 2.45) is 0 Å². The van der Waals surface area contributed by atoms with E-state index in [9.17, 15) is 0 Å². The van der Waals surface area contributed by atoms with Gasteiger partial charge in [0.15, 0.2) is 0 Å². The molecule has 0 fully saturated rings. The van der Waals surface area contributed by atoms with Gasteiger partial charge in [-0.3, -0.25) is 0 Å². The van der Waals surface area contributed by atoms with Crippen molar-refractivity contribution in [3.05, 3.63) is 20.8 Å². The fourth-order valence-corrected chi connectivity index (χ4v) is 3.64. The van der Waals surface area contributed by atoms with Gasteiger partial charge in [0.25, 0.3) is 0 Å². The fraction of sp³-hybridized carbons (Fsp3) is 0.556. The summed E-state index contributed by atoms with van der Waals surface area (Å²) in [5.41, 5.74) is 0. The Kier molecular flexibility index (Phi) is 5.39. The number of nitrogens with one attached hydrogen (secondary N) is 1. The number of thiophene rings is 1. The SMILES string of the molecule is CCNC(CSC)c1sccc1Br. The minimum atomic E-state index is 0.495. The van der Waals surface area contributed by atoms with Gasteiger partial charge in [-0.2, -0.15) is 11.8 Å². The summed E-state index contributed by atoms with van der Waals surface area (Å²) in [6, 6.07) is 2.61. The molecule has 0 saturated carbocycles. The summed E-state index contributed by atoms with van der Waals surface area (Å²) in [4.78, 5) is 1.41. The zero-order valence-electron chi connectivity index (χ0n) is 7.84. The van der Waals surface area contributed by atoms with Crippen molar-refractivity contribution in [3.63, 3.8) is 0 Å². The van der Waals surface area contributed by atoms with Crippen LogP contribution >= 0.6 is 39.0 Å². The van der Waals surface area contributed by atoms with Crippen LogP contribution in [0.2, 0.25) is 0 Å². The molecule has 0 aromatic carbocycles. The lowest BCUT2D eigenvalue weighted by molar-refractivity contribution is 0.613. The van der Waals surface area contributed by atoms with E-state index >= 15 is 0 Å². The smallest absolute Gasteiger partial charge is 0.0517 e. The summed E-state index contributed by atoms with van der Waals surface area (Å²) in [5.74, 6) is 1.13. The van der Waals surface area contributed by atoms with Crippen LogP contribution in [0.5, 0.6) is 0 Å². The lowest BCUT2D eigenvalue weighted by Crippen LogP contribution is -2.22. The molecule has 0 amide bonds. The van der Waals surface area contributed by atoms with E-state index < -0.39 is 0 Å². The molecule has 0 aliphatic carbocycles. The molecule has 0 aliphatic heterocycles. The van der Waals surface area contributed by atoms with Crippen LogP contribution in [0.25, 0.3) is 0 Å². The Morgan fingerprint density at radius 3 is 2.92 bits per heavy atom. The molecule has 4 heteroatoms. The number of hydrogen-bond donors (Lipinski definition) is 1. The third-order valence-corrected chi connectivity index (χ3v) is 4.40. The second-order valence-electron chi connectivity index (χ2n) is 2.70. The first-order valence-electron chi connectivity index (χ1n) is 4.24. The molecule has 0 radical (unpaired) electrons. The van der Waals surface area contributed by atoms with E-state index in [1.54, 1.807) is 0 Å². The maximum absolute atomic E-state index is 3.57. The van der Waals surface area contributed by atoms with Crippen molar-refractivity contribution in [2.75, 3.05) is 18.6 Å². The molecule has 1 aromatic heterocycles. The maximum Gasteiger partial charge on any atom is 0.0517 e. The number of rotatable bonds is 5. The van der Waals surface area contributed by atoms with Gasteiger partial charge >= 0.3 is 0 Å². The van der Waals surface area contributed by atoms with Crippen molar-refractivity contribution in [3.8, 4) is 0 Å². The summed E-state index contributed by atoms with van der Waals surface area (Å²) in [7, 11) is 0. The number of hydrogen-bond acceptors (Lipinski definition) is 3. The van der Waals surface area contributed by atoms with Crippen LogP contribution in [-0.2, 0) is 0 Å². The highest BCUT2D eigenvalue weighted by atomic mass is 79.9. The van der Waals surface area contributed by atoms with Gasteiger partial charge in [0.1, 0.15) is 0 Å². The maximum atomic E-state index is 3.57. The molecule has 1 N–H and O–H groups in total. The van der Waals surface area contributed by atoms with Gasteiger partial charge in [0, 0.05) is 15.1 Å². The third kappa shape index (κ3) is 3.27. The summed E-state index contributed by atoms with van der Waals surface area (Å²) in [6.45, 7) is 3.17. The molecule has 1 rings (SSSR count). The first-order valence-corrected chi connectivity index (χ1v) is 7.31. The highest BCUT2D eigenvalue weighted by molar-refractivity contribution is 9.10. The molecule has 0 spiro atoms. The first kappa shape index (κ1) is 11.6. The summed E-state index contributed by atoms with van der Waals surface area (Å²) in [5, 5.41) is 5.62. The van der Waals surface area contributed by atoms with Crippen LogP contribution in [0.15, 0.2) is 15.9 Å². The molecular weight excluding hydrogens is 266 g/mol. The van der Waals surface area contributed by atoms with Crippen LogP contribution < -0.4 is 5.32 Å². The van der Waals surface area contributed by atoms with Crippen LogP contribution in [-0.4, -0.2) is 18.6 Å². The molecular formula is C9H14BrNS2. The van der Waals surface area contributed by atoms with Gasteiger partial charge in [-0.1, -0.05) is 6.92 Å². The van der Waals surface area contributed by atoms with Crippen molar-refractivity contribution in [1.82, 2.24) is 5.32 Å². The predicted octanol–water partition coefficient (Wildman–Crippen LogP) is 3.52. The Morgan fingerprint density at radius 1 is 1.69 bits per heavy atom. The number of halogens is 1. The normalized spacial score (nSPS) is 13.2. The van der Waals surface area contributed by atoms with Gasteiger partial charge in [-0.15, -0.1) is 11.3 Å². The molecule has 0 saturated heterocycles. The van der Waals surface area contributed by atoms with Crippen LogP contribution in [0.3, 0.4) is 0 Å². The summed E-state index contributed by atoms with van der Waals surface area (Å²) in [6.07, 6.45) is 2.14. The molecule has 0 aliphatic rings. The van der Waals surface area contributed by atoms with E-state index in [4.69, 9.17) is 0 Å². The second kappa shape index (κ2) is 6.06. The van der Waals surface area contributed by atoms with Crippen LogP contribution in [0.1, 0.15) is 17.8 Å². The molecule has 1 nitrogen and oxygen atoms in total. The van der Waals surface area contributed by atoms with Gasteiger partial charge in [0.05, 0.1) is 6.04 Å². The Bertz CT molecular complexity index is 244. The highest BCUT2D eigenvalue weighted by Gasteiger charge is 2.13. The van der Waals surface area contributed by atoms with E-state index in [0.717, 1.165) is 12.3 Å². The topological polar surface area (TPSA) is 12.0 Å². The van der Waals surface area contributed by atoms with Crippen LogP contribution in [0.4, 0.5) is 0 Å².